The molecule has 1 rings (SSSR count). The van der Waals surface area contributed by atoms with E-state index in [2.05, 4.69) is 5.10 Å². The highest BCUT2D eigenvalue weighted by atomic mass is 16.5. The number of carbonyl (C=O) groups is 2. The summed E-state index contributed by atoms with van der Waals surface area (Å²) in [6, 6.07) is 0. The molecule has 7 nitrogen and oxygen atoms in total. The highest BCUT2D eigenvalue weighted by Gasteiger charge is 2.22. The molecule has 0 spiro atoms. The second-order valence-corrected chi connectivity index (χ2v) is 3.91. The molecule has 0 unspecified atom stereocenters. The number of anilines is 1. The van der Waals surface area contributed by atoms with Crippen molar-refractivity contribution >= 4 is 17.6 Å². The van der Waals surface area contributed by atoms with Crippen LogP contribution < -0.4 is 5.73 Å². The van der Waals surface area contributed by atoms with Crippen LogP contribution in [-0.2, 0) is 16.1 Å². The van der Waals surface area contributed by atoms with Gasteiger partial charge in [0.1, 0.15) is 6.54 Å². The van der Waals surface area contributed by atoms with Gasteiger partial charge in [0.25, 0.3) is 5.91 Å². The first-order chi connectivity index (χ1) is 9.03. The Kier molecular flexibility index (Phi) is 5.35. The molecule has 106 valence electrons. The molecule has 0 aliphatic rings. The molecular weight excluding hydrogens is 248 g/mol. The Morgan fingerprint density at radius 2 is 2.11 bits per heavy atom. The lowest BCUT2D eigenvalue weighted by Crippen LogP contribution is -2.37. The van der Waals surface area contributed by atoms with Gasteiger partial charge in [-0.1, -0.05) is 0 Å². The van der Waals surface area contributed by atoms with Gasteiger partial charge in [-0.25, -0.2) is 0 Å². The van der Waals surface area contributed by atoms with Gasteiger partial charge in [0.15, 0.2) is 5.69 Å². The predicted molar refractivity (Wildman–Crippen MR) is 70.5 cm³/mol. The number of nitrogen functional groups attached to an aromatic ring is 1. The number of aryl methyl sites for hydroxylation is 1. The van der Waals surface area contributed by atoms with Gasteiger partial charge >= 0.3 is 5.97 Å². The van der Waals surface area contributed by atoms with E-state index in [1.54, 1.807) is 24.7 Å². The average molecular weight is 268 g/mol. The number of carbonyl (C=O) groups excluding carboxylic acids is 2. The molecular formula is C12H20N4O3. The third-order valence-corrected chi connectivity index (χ3v) is 2.61. The first-order valence-corrected chi connectivity index (χ1v) is 6.31. The summed E-state index contributed by atoms with van der Waals surface area (Å²) in [6.45, 7) is 6.61. The van der Waals surface area contributed by atoms with Gasteiger partial charge in [-0.05, 0) is 20.8 Å². The molecule has 2 N–H and O–H groups in total. The summed E-state index contributed by atoms with van der Waals surface area (Å²) in [5.74, 6) is -0.800. The van der Waals surface area contributed by atoms with Crippen molar-refractivity contribution in [3.63, 3.8) is 0 Å². The number of likely N-dealkylation sites (N-methyl/N-ethyl adjacent to an activating group) is 1. The highest BCUT2D eigenvalue weighted by molar-refractivity contribution is 5.98. The normalized spacial score (nSPS) is 10.3. The van der Waals surface area contributed by atoms with Crippen LogP contribution in [0, 0.1) is 0 Å². The van der Waals surface area contributed by atoms with E-state index in [-0.39, 0.29) is 24.8 Å². The van der Waals surface area contributed by atoms with Crippen LogP contribution in [0.5, 0.6) is 0 Å². The minimum atomic E-state index is -0.439. The maximum absolute atomic E-state index is 12.2. The second-order valence-electron chi connectivity index (χ2n) is 3.91. The van der Waals surface area contributed by atoms with E-state index in [0.717, 1.165) is 0 Å². The molecule has 1 aromatic rings. The Labute approximate surface area is 112 Å². The Morgan fingerprint density at radius 3 is 2.58 bits per heavy atom. The second kappa shape index (κ2) is 6.77. The number of nitrogens with two attached hydrogens (primary N) is 1. The fraction of sp³-hybridized carbons (Fsp3) is 0.583. The number of amides is 1. The van der Waals surface area contributed by atoms with Crippen molar-refractivity contribution in [2.24, 2.45) is 0 Å². The summed E-state index contributed by atoms with van der Waals surface area (Å²) in [4.78, 5) is 25.0. The van der Waals surface area contributed by atoms with Crippen molar-refractivity contribution in [1.29, 1.82) is 0 Å². The zero-order valence-electron chi connectivity index (χ0n) is 11.5. The number of esters is 1. The van der Waals surface area contributed by atoms with Crippen LogP contribution in [0.4, 0.5) is 5.69 Å². The van der Waals surface area contributed by atoms with Gasteiger partial charge in [0.05, 0.1) is 12.3 Å². The molecule has 0 aromatic carbocycles. The van der Waals surface area contributed by atoms with Gasteiger partial charge in [-0.3, -0.25) is 14.3 Å². The van der Waals surface area contributed by atoms with Crippen molar-refractivity contribution in [3.8, 4) is 0 Å². The van der Waals surface area contributed by atoms with Crippen LogP contribution in [0.2, 0.25) is 0 Å². The average Bonchev–Trinajstić information content (AvgIpc) is 2.77. The maximum atomic E-state index is 12.2. The minimum absolute atomic E-state index is 0.0956. The summed E-state index contributed by atoms with van der Waals surface area (Å²) in [5, 5.41) is 4.10. The zero-order chi connectivity index (χ0) is 14.4. The summed E-state index contributed by atoms with van der Waals surface area (Å²) in [5.41, 5.74) is 6.24. The molecule has 0 bridgehead atoms. The topological polar surface area (TPSA) is 90.5 Å². The van der Waals surface area contributed by atoms with E-state index < -0.39 is 5.97 Å². The van der Waals surface area contributed by atoms with E-state index in [1.165, 1.54) is 4.90 Å². The van der Waals surface area contributed by atoms with Gasteiger partial charge in [0, 0.05) is 19.3 Å². The number of nitrogens with zero attached hydrogens (tertiary/aromatic N) is 3. The van der Waals surface area contributed by atoms with E-state index in [4.69, 9.17) is 10.5 Å². The number of ether oxygens (including phenoxy) is 1. The summed E-state index contributed by atoms with van der Waals surface area (Å²) >= 11 is 0. The minimum Gasteiger partial charge on any atom is -0.465 e. The van der Waals surface area contributed by atoms with Crippen LogP contribution in [0.15, 0.2) is 6.20 Å². The molecule has 0 aliphatic heterocycles. The number of rotatable bonds is 6. The van der Waals surface area contributed by atoms with Crippen LogP contribution in [0.1, 0.15) is 31.3 Å². The largest absolute Gasteiger partial charge is 0.465 e. The molecule has 1 amide bonds. The molecule has 1 aromatic heterocycles. The van der Waals surface area contributed by atoms with E-state index >= 15 is 0 Å². The van der Waals surface area contributed by atoms with Crippen molar-refractivity contribution in [3.05, 3.63) is 11.9 Å². The first kappa shape index (κ1) is 15.0. The van der Waals surface area contributed by atoms with Gasteiger partial charge in [0.2, 0.25) is 0 Å². The Bertz CT molecular complexity index is 456. The third-order valence-electron chi connectivity index (χ3n) is 2.61. The molecule has 1 heterocycles. The fourth-order valence-electron chi connectivity index (χ4n) is 1.60. The monoisotopic (exact) mass is 268 g/mol. The van der Waals surface area contributed by atoms with E-state index in [1.807, 2.05) is 6.92 Å². The lowest BCUT2D eigenvalue weighted by Gasteiger charge is -2.18. The first-order valence-electron chi connectivity index (χ1n) is 6.31. The van der Waals surface area contributed by atoms with Gasteiger partial charge in [-0.2, -0.15) is 5.10 Å². The fourth-order valence-corrected chi connectivity index (χ4v) is 1.60. The number of aromatic nitrogens is 2. The zero-order valence-corrected chi connectivity index (χ0v) is 11.5. The molecule has 0 saturated heterocycles. The summed E-state index contributed by atoms with van der Waals surface area (Å²) in [6.07, 6.45) is 1.60. The smallest absolute Gasteiger partial charge is 0.325 e. The maximum Gasteiger partial charge on any atom is 0.325 e. The van der Waals surface area contributed by atoms with Gasteiger partial charge < -0.3 is 15.4 Å². The lowest BCUT2D eigenvalue weighted by molar-refractivity contribution is -0.143. The molecule has 7 heteroatoms. The molecule has 0 aliphatic carbocycles. The standard InChI is InChI=1S/C12H20N4O3/c1-4-15(8-10(17)19-6-3)12(18)11-9(13)7-16(5-2)14-11/h7H,4-6,8,13H2,1-3H3. The van der Waals surface area contributed by atoms with Crippen molar-refractivity contribution in [2.75, 3.05) is 25.4 Å². The van der Waals surface area contributed by atoms with Crippen LogP contribution in [-0.4, -0.2) is 46.3 Å². The summed E-state index contributed by atoms with van der Waals surface area (Å²) < 4.78 is 6.41. The quantitative estimate of drug-likeness (QED) is 0.759. The Balaban J connectivity index is 2.82. The molecule has 0 fully saturated rings. The SMILES string of the molecule is CCOC(=O)CN(CC)C(=O)c1nn(CC)cc1N. The van der Waals surface area contributed by atoms with Crippen LogP contribution in [0.25, 0.3) is 0 Å². The van der Waals surface area contributed by atoms with Crippen molar-refractivity contribution < 1.29 is 14.3 Å². The Hall–Kier alpha value is -2.05. The van der Waals surface area contributed by atoms with E-state index in [9.17, 15) is 9.59 Å². The molecule has 0 atom stereocenters. The van der Waals surface area contributed by atoms with Gasteiger partial charge in [-0.15, -0.1) is 0 Å². The lowest BCUT2D eigenvalue weighted by atomic mass is 10.3. The number of hydrogen-bond donors (Lipinski definition) is 1. The highest BCUT2D eigenvalue weighted by Crippen LogP contribution is 2.12. The molecule has 0 saturated carbocycles. The molecule has 0 radical (unpaired) electrons. The molecule has 19 heavy (non-hydrogen) atoms. The van der Waals surface area contributed by atoms with E-state index in [0.29, 0.717) is 18.8 Å². The third kappa shape index (κ3) is 3.70. The summed E-state index contributed by atoms with van der Waals surface area (Å²) in [7, 11) is 0. The Morgan fingerprint density at radius 1 is 1.42 bits per heavy atom. The predicted octanol–water partition coefficient (Wildman–Crippen LogP) is 0.510. The van der Waals surface area contributed by atoms with Crippen LogP contribution >= 0.6 is 0 Å². The van der Waals surface area contributed by atoms with Crippen LogP contribution in [0.3, 0.4) is 0 Å². The number of hydrogen-bond acceptors (Lipinski definition) is 5. The van der Waals surface area contributed by atoms with Crippen molar-refractivity contribution in [2.45, 2.75) is 27.3 Å². The van der Waals surface area contributed by atoms with Crippen molar-refractivity contribution in [1.82, 2.24) is 14.7 Å².